The van der Waals surface area contributed by atoms with Crippen molar-refractivity contribution in [2.24, 2.45) is 0 Å². The first kappa shape index (κ1) is 15.5. The van der Waals surface area contributed by atoms with E-state index in [4.69, 9.17) is 4.74 Å². The Balaban J connectivity index is 0. The molecule has 0 aliphatic carbocycles. The highest BCUT2D eigenvalue weighted by atomic mass is 16.5. The summed E-state index contributed by atoms with van der Waals surface area (Å²) in [6, 6.07) is 8.03. The number of ether oxygens (including phenoxy) is 1. The van der Waals surface area contributed by atoms with Crippen LogP contribution in [0.2, 0.25) is 0 Å². The number of benzene rings is 1. The van der Waals surface area contributed by atoms with Gasteiger partial charge in [-0.3, -0.25) is 0 Å². The molecule has 0 saturated heterocycles. The van der Waals surface area contributed by atoms with E-state index in [1.807, 2.05) is 65.8 Å². The molecule has 0 atom stereocenters. The van der Waals surface area contributed by atoms with Gasteiger partial charge in [-0.05, 0) is 25.5 Å². The molecular weight excluding hydrogens is 172 g/mol. The average molecular weight is 196 g/mol. The summed E-state index contributed by atoms with van der Waals surface area (Å²) in [7, 11) is 0. The smallest absolute Gasteiger partial charge is 0.122 e. The molecule has 1 aromatic rings. The van der Waals surface area contributed by atoms with Crippen LogP contribution in [-0.4, -0.2) is 6.61 Å². The molecule has 0 unspecified atom stereocenters. The minimum absolute atomic E-state index is 0.741. The highest BCUT2D eigenvalue weighted by Crippen LogP contribution is 2.15. The first-order chi connectivity index (χ1) is 6.84. The lowest BCUT2D eigenvalue weighted by Gasteiger charge is -2.04. The minimum atomic E-state index is 0.741. The van der Waals surface area contributed by atoms with Crippen LogP contribution < -0.4 is 4.74 Å². The van der Waals surface area contributed by atoms with Crippen molar-refractivity contribution in [3.8, 4) is 5.75 Å². The Labute approximate surface area is 89.1 Å². The van der Waals surface area contributed by atoms with Gasteiger partial charge in [0.15, 0.2) is 0 Å². The molecule has 0 fully saturated rings. The first-order valence-corrected chi connectivity index (χ1v) is 5.53. The Hall–Kier alpha value is -0.980. The van der Waals surface area contributed by atoms with Gasteiger partial charge in [0.05, 0.1) is 6.61 Å². The molecule has 0 aromatic heterocycles. The Kier molecular flexibility index (Phi) is 13.3. The molecular formula is C13H24O. The van der Waals surface area contributed by atoms with Crippen LogP contribution in [0.4, 0.5) is 0 Å². The van der Waals surface area contributed by atoms with Crippen LogP contribution in [0.1, 0.15) is 40.2 Å². The summed E-state index contributed by atoms with van der Waals surface area (Å²) < 4.78 is 5.34. The van der Waals surface area contributed by atoms with E-state index in [-0.39, 0.29) is 0 Å². The normalized spacial score (nSPS) is 7.57. The van der Waals surface area contributed by atoms with Gasteiger partial charge in [0, 0.05) is 0 Å². The summed E-state index contributed by atoms with van der Waals surface area (Å²) in [5.74, 6) is 0.991. The maximum Gasteiger partial charge on any atom is 0.122 e. The van der Waals surface area contributed by atoms with Gasteiger partial charge in [-0.2, -0.15) is 0 Å². The average Bonchev–Trinajstić information content (AvgIpc) is 2.28. The fraction of sp³-hybridized carbons (Fsp3) is 0.538. The van der Waals surface area contributed by atoms with Crippen LogP contribution in [0.25, 0.3) is 0 Å². The van der Waals surface area contributed by atoms with Crippen molar-refractivity contribution >= 4 is 0 Å². The van der Waals surface area contributed by atoms with Gasteiger partial charge in [-0.1, -0.05) is 45.9 Å². The number of para-hydroxylation sites is 1. The van der Waals surface area contributed by atoms with Crippen molar-refractivity contribution in [3.05, 3.63) is 29.8 Å². The molecule has 0 saturated carbocycles. The van der Waals surface area contributed by atoms with E-state index in [0.29, 0.717) is 0 Å². The number of hydrogen-bond donors (Lipinski definition) is 0. The summed E-state index contributed by atoms with van der Waals surface area (Å²) in [6.07, 6.45) is 0. The molecule has 0 N–H and O–H groups in total. The topological polar surface area (TPSA) is 9.23 Å². The molecule has 14 heavy (non-hydrogen) atoms. The zero-order chi connectivity index (χ0) is 11.4. The first-order valence-electron chi connectivity index (χ1n) is 5.53. The molecule has 1 heteroatoms. The predicted molar refractivity (Wildman–Crippen MR) is 65.0 cm³/mol. The van der Waals surface area contributed by atoms with Gasteiger partial charge < -0.3 is 4.74 Å². The van der Waals surface area contributed by atoms with Gasteiger partial charge in [0.25, 0.3) is 0 Å². The third-order valence-electron chi connectivity index (χ3n) is 1.39. The summed E-state index contributed by atoms with van der Waals surface area (Å²) >= 11 is 0. The largest absolute Gasteiger partial charge is 0.494 e. The lowest BCUT2D eigenvalue weighted by Crippen LogP contribution is -1.92. The lowest BCUT2D eigenvalue weighted by molar-refractivity contribution is 0.338. The van der Waals surface area contributed by atoms with Crippen LogP contribution >= 0.6 is 0 Å². The van der Waals surface area contributed by atoms with E-state index in [1.54, 1.807) is 0 Å². The van der Waals surface area contributed by atoms with Crippen molar-refractivity contribution in [3.63, 3.8) is 0 Å². The molecule has 0 aliphatic rings. The third-order valence-corrected chi connectivity index (χ3v) is 1.39. The van der Waals surface area contributed by atoms with E-state index in [2.05, 4.69) is 0 Å². The van der Waals surface area contributed by atoms with E-state index in [0.717, 1.165) is 12.4 Å². The van der Waals surface area contributed by atoms with Crippen LogP contribution in [0, 0.1) is 6.92 Å². The second-order valence-electron chi connectivity index (χ2n) is 2.20. The third kappa shape index (κ3) is 6.53. The molecule has 0 spiro atoms. The van der Waals surface area contributed by atoms with Crippen LogP contribution in [0.5, 0.6) is 5.75 Å². The Morgan fingerprint density at radius 1 is 1.00 bits per heavy atom. The lowest BCUT2D eigenvalue weighted by atomic mass is 10.2. The van der Waals surface area contributed by atoms with Crippen molar-refractivity contribution in [2.45, 2.75) is 41.5 Å². The Bertz CT molecular complexity index is 206. The maximum atomic E-state index is 5.34. The van der Waals surface area contributed by atoms with Gasteiger partial charge in [-0.15, -0.1) is 0 Å². The van der Waals surface area contributed by atoms with Crippen LogP contribution in [0.15, 0.2) is 24.3 Å². The Morgan fingerprint density at radius 2 is 1.50 bits per heavy atom. The summed E-state index contributed by atoms with van der Waals surface area (Å²) in [4.78, 5) is 0. The van der Waals surface area contributed by atoms with Crippen molar-refractivity contribution in [1.82, 2.24) is 0 Å². The number of aryl methyl sites for hydroxylation is 1. The monoisotopic (exact) mass is 196 g/mol. The molecule has 0 amide bonds. The van der Waals surface area contributed by atoms with E-state index in [9.17, 15) is 0 Å². The molecule has 82 valence electrons. The number of hydrogen-bond acceptors (Lipinski definition) is 1. The highest BCUT2D eigenvalue weighted by molar-refractivity contribution is 5.31. The van der Waals surface area contributed by atoms with Crippen LogP contribution in [-0.2, 0) is 0 Å². The maximum absolute atomic E-state index is 5.34. The zero-order valence-electron chi connectivity index (χ0n) is 10.4. The van der Waals surface area contributed by atoms with Crippen LogP contribution in [0.3, 0.4) is 0 Å². The standard InChI is InChI=1S/C9H12O.2C2H6/c1-3-10-9-7-5-4-6-8(9)2;2*1-2/h4-7H,3H2,1-2H3;2*1-2H3. The van der Waals surface area contributed by atoms with Crippen molar-refractivity contribution < 1.29 is 4.74 Å². The summed E-state index contributed by atoms with van der Waals surface area (Å²) in [5, 5.41) is 0. The highest BCUT2D eigenvalue weighted by Gasteiger charge is 1.93. The quantitative estimate of drug-likeness (QED) is 0.679. The molecule has 0 aliphatic heterocycles. The van der Waals surface area contributed by atoms with Crippen molar-refractivity contribution in [1.29, 1.82) is 0 Å². The van der Waals surface area contributed by atoms with Gasteiger partial charge in [0.2, 0.25) is 0 Å². The molecule has 1 aromatic carbocycles. The van der Waals surface area contributed by atoms with Gasteiger partial charge in [-0.25, -0.2) is 0 Å². The van der Waals surface area contributed by atoms with E-state index in [1.165, 1.54) is 5.56 Å². The van der Waals surface area contributed by atoms with Gasteiger partial charge in [0.1, 0.15) is 5.75 Å². The van der Waals surface area contributed by atoms with E-state index >= 15 is 0 Å². The molecule has 1 nitrogen and oxygen atoms in total. The second kappa shape index (κ2) is 12.0. The summed E-state index contributed by atoms with van der Waals surface area (Å²) in [6.45, 7) is 12.8. The SMILES string of the molecule is CC.CC.CCOc1ccccc1C. The fourth-order valence-electron chi connectivity index (χ4n) is 0.874. The van der Waals surface area contributed by atoms with Crippen molar-refractivity contribution in [2.75, 3.05) is 6.61 Å². The fourth-order valence-corrected chi connectivity index (χ4v) is 0.874. The zero-order valence-corrected chi connectivity index (χ0v) is 10.4. The van der Waals surface area contributed by atoms with E-state index < -0.39 is 0 Å². The molecule has 0 radical (unpaired) electrons. The molecule has 0 bridgehead atoms. The molecule has 0 heterocycles. The van der Waals surface area contributed by atoms with Gasteiger partial charge >= 0.3 is 0 Å². The second-order valence-corrected chi connectivity index (χ2v) is 2.20. The minimum Gasteiger partial charge on any atom is -0.494 e. The Morgan fingerprint density at radius 3 is 1.93 bits per heavy atom. The predicted octanol–water partition coefficient (Wildman–Crippen LogP) is 4.45. The molecule has 1 rings (SSSR count). The summed E-state index contributed by atoms with van der Waals surface area (Å²) in [5.41, 5.74) is 1.20. The number of rotatable bonds is 2.